The molecule has 1 atom stereocenters. The summed E-state index contributed by atoms with van der Waals surface area (Å²) >= 11 is 0. The van der Waals surface area contributed by atoms with E-state index in [2.05, 4.69) is 32.7 Å². The van der Waals surface area contributed by atoms with Crippen molar-refractivity contribution in [3.8, 4) is 5.75 Å². The van der Waals surface area contributed by atoms with Gasteiger partial charge in [0, 0.05) is 24.9 Å². The zero-order chi connectivity index (χ0) is 23.3. The topological polar surface area (TPSA) is 79.8 Å². The van der Waals surface area contributed by atoms with Gasteiger partial charge in [0.1, 0.15) is 11.8 Å². The molecule has 1 aromatic heterocycles. The smallest absolute Gasteiger partial charge is 0.257 e. The van der Waals surface area contributed by atoms with Gasteiger partial charge in [-0.2, -0.15) is 0 Å². The minimum Gasteiger partial charge on any atom is -0.497 e. The van der Waals surface area contributed by atoms with E-state index in [9.17, 15) is 14.4 Å². The molecule has 2 aromatic rings. The number of benzene rings is 1. The van der Waals surface area contributed by atoms with Crippen molar-refractivity contribution >= 4 is 23.4 Å². The van der Waals surface area contributed by atoms with Gasteiger partial charge < -0.3 is 9.64 Å². The molecule has 0 radical (unpaired) electrons. The van der Waals surface area contributed by atoms with Crippen molar-refractivity contribution < 1.29 is 19.1 Å². The minimum atomic E-state index is -0.843. The number of anilines is 1. The van der Waals surface area contributed by atoms with E-state index < -0.39 is 6.04 Å². The first-order valence-electron chi connectivity index (χ1n) is 10.8. The maximum atomic E-state index is 13.7. The lowest BCUT2D eigenvalue weighted by molar-refractivity contribution is -0.141. The van der Waals surface area contributed by atoms with Gasteiger partial charge in [-0.3, -0.25) is 19.4 Å². The number of ether oxygens (including phenoxy) is 1. The molecule has 1 saturated carbocycles. The van der Waals surface area contributed by atoms with Crippen LogP contribution in [0.3, 0.4) is 0 Å². The maximum absolute atomic E-state index is 13.7. The largest absolute Gasteiger partial charge is 0.497 e. The number of nitrogens with zero attached hydrogens (tertiary/aromatic N) is 3. The predicted octanol–water partition coefficient (Wildman–Crippen LogP) is 3.43. The molecule has 2 aliphatic rings. The molecule has 4 rings (SSSR count). The Hall–Kier alpha value is -3.22. The molecular weight excluding hydrogens is 406 g/mol. The van der Waals surface area contributed by atoms with Crippen LogP contribution < -0.4 is 9.64 Å². The quantitative estimate of drug-likeness (QED) is 0.650. The molecule has 2 heterocycles. The highest BCUT2D eigenvalue weighted by Crippen LogP contribution is 2.69. The zero-order valence-electron chi connectivity index (χ0n) is 19.2. The molecule has 2 fully saturated rings. The molecular formula is C25H29N3O4. The Morgan fingerprint density at radius 2 is 1.78 bits per heavy atom. The van der Waals surface area contributed by atoms with E-state index in [1.54, 1.807) is 54.7 Å². The molecule has 0 spiro atoms. The number of aromatic nitrogens is 1. The van der Waals surface area contributed by atoms with Gasteiger partial charge >= 0.3 is 0 Å². The molecule has 1 aliphatic heterocycles. The number of carbonyl (C=O) groups is 3. The van der Waals surface area contributed by atoms with Gasteiger partial charge in [0.15, 0.2) is 0 Å². The van der Waals surface area contributed by atoms with E-state index in [1.807, 2.05) is 6.07 Å². The van der Waals surface area contributed by atoms with Crippen LogP contribution in [0.15, 0.2) is 48.8 Å². The fourth-order valence-electron chi connectivity index (χ4n) is 4.87. The molecule has 1 aromatic carbocycles. The molecule has 1 saturated heterocycles. The number of rotatable bonds is 6. The van der Waals surface area contributed by atoms with Gasteiger partial charge in [-0.1, -0.05) is 33.8 Å². The van der Waals surface area contributed by atoms with Crippen molar-refractivity contribution in [3.05, 3.63) is 54.4 Å². The molecule has 168 valence electrons. The maximum Gasteiger partial charge on any atom is 0.257 e. The third-order valence-corrected chi connectivity index (χ3v) is 7.46. The first-order chi connectivity index (χ1) is 15.1. The van der Waals surface area contributed by atoms with E-state index in [0.29, 0.717) is 11.4 Å². The first-order valence-corrected chi connectivity index (χ1v) is 10.8. The number of hydrogen-bond acceptors (Lipinski definition) is 5. The number of carbonyl (C=O) groups excluding carboxylic acids is 3. The van der Waals surface area contributed by atoms with E-state index in [0.717, 1.165) is 5.56 Å². The number of pyridine rings is 1. The third-order valence-electron chi connectivity index (χ3n) is 7.46. The molecule has 7 heteroatoms. The number of amides is 3. The van der Waals surface area contributed by atoms with Crippen molar-refractivity contribution in [2.75, 3.05) is 12.0 Å². The normalized spacial score (nSPS) is 21.5. The van der Waals surface area contributed by atoms with Crippen LogP contribution >= 0.6 is 0 Å². The molecule has 3 amide bonds. The van der Waals surface area contributed by atoms with Crippen molar-refractivity contribution in [1.29, 1.82) is 0 Å². The summed E-state index contributed by atoms with van der Waals surface area (Å²) in [6.45, 7) is 8.52. The van der Waals surface area contributed by atoms with Gasteiger partial charge in [-0.15, -0.1) is 0 Å². The van der Waals surface area contributed by atoms with Crippen LogP contribution in [0.2, 0.25) is 0 Å². The number of imide groups is 1. The summed E-state index contributed by atoms with van der Waals surface area (Å²) in [6.07, 6.45) is 3.31. The Bertz CT molecular complexity index is 1030. The number of hydrogen-bond donors (Lipinski definition) is 0. The second kappa shape index (κ2) is 7.73. The lowest BCUT2D eigenvalue weighted by Crippen LogP contribution is -2.46. The van der Waals surface area contributed by atoms with Gasteiger partial charge in [-0.05, 0) is 46.7 Å². The summed E-state index contributed by atoms with van der Waals surface area (Å²) in [4.78, 5) is 46.9. The van der Waals surface area contributed by atoms with Crippen molar-refractivity contribution in [3.63, 3.8) is 0 Å². The Morgan fingerprint density at radius 3 is 2.31 bits per heavy atom. The van der Waals surface area contributed by atoms with Crippen molar-refractivity contribution in [1.82, 2.24) is 9.88 Å². The molecule has 0 N–H and O–H groups in total. The molecule has 0 bridgehead atoms. The fourth-order valence-corrected chi connectivity index (χ4v) is 4.87. The molecule has 1 aliphatic carbocycles. The van der Waals surface area contributed by atoms with Crippen molar-refractivity contribution in [2.24, 2.45) is 16.7 Å². The van der Waals surface area contributed by atoms with E-state index >= 15 is 0 Å². The number of methoxy groups -OCH3 is 1. The lowest BCUT2D eigenvalue weighted by atomic mass is 10.0. The Morgan fingerprint density at radius 1 is 1.12 bits per heavy atom. The molecule has 32 heavy (non-hydrogen) atoms. The highest BCUT2D eigenvalue weighted by atomic mass is 16.5. The van der Waals surface area contributed by atoms with E-state index in [1.165, 1.54) is 4.90 Å². The zero-order valence-corrected chi connectivity index (χ0v) is 19.2. The van der Waals surface area contributed by atoms with Crippen LogP contribution in [0.5, 0.6) is 5.75 Å². The monoisotopic (exact) mass is 435 g/mol. The van der Waals surface area contributed by atoms with Gasteiger partial charge in [0.25, 0.3) is 5.91 Å². The van der Waals surface area contributed by atoms with Crippen LogP contribution in [-0.2, 0) is 20.9 Å². The van der Waals surface area contributed by atoms with Gasteiger partial charge in [0.2, 0.25) is 11.8 Å². The van der Waals surface area contributed by atoms with Crippen LogP contribution in [-0.4, -0.2) is 40.8 Å². The predicted molar refractivity (Wildman–Crippen MR) is 120 cm³/mol. The average Bonchev–Trinajstić information content (AvgIpc) is 3.00. The fraction of sp³-hybridized carbons (Fsp3) is 0.440. The Kier molecular flexibility index (Phi) is 5.31. The third kappa shape index (κ3) is 3.45. The standard InChI is InChI=1S/C25H29N3O4/c1-24(2)21(25(24,3)4)23(31)27(15-16-7-6-12-26-14-16)19-13-20(29)28(22(19)30)17-8-10-18(32-5)11-9-17/h6-12,14,19,21H,13,15H2,1-5H3. The Balaban J connectivity index is 1.65. The summed E-state index contributed by atoms with van der Waals surface area (Å²) in [7, 11) is 1.56. The highest BCUT2D eigenvalue weighted by molar-refractivity contribution is 6.23. The second-order valence-corrected chi connectivity index (χ2v) is 9.69. The summed E-state index contributed by atoms with van der Waals surface area (Å²) in [5.74, 6) is -0.371. The van der Waals surface area contributed by atoms with Gasteiger partial charge in [-0.25, -0.2) is 4.90 Å². The molecule has 1 unspecified atom stereocenters. The Labute approximate surface area is 188 Å². The van der Waals surface area contributed by atoms with Crippen LogP contribution in [0.4, 0.5) is 5.69 Å². The molecule has 7 nitrogen and oxygen atoms in total. The summed E-state index contributed by atoms with van der Waals surface area (Å²) < 4.78 is 5.17. The SMILES string of the molecule is COc1ccc(N2C(=O)CC(N(Cc3cccnc3)C(=O)C3C(C)(C)C3(C)C)C2=O)cc1. The summed E-state index contributed by atoms with van der Waals surface area (Å²) in [6, 6.07) is 9.60. The summed E-state index contributed by atoms with van der Waals surface area (Å²) in [5.41, 5.74) is 0.932. The van der Waals surface area contributed by atoms with Crippen molar-refractivity contribution in [2.45, 2.75) is 46.7 Å². The summed E-state index contributed by atoms with van der Waals surface area (Å²) in [5, 5.41) is 0. The highest BCUT2D eigenvalue weighted by Gasteiger charge is 2.69. The average molecular weight is 436 g/mol. The van der Waals surface area contributed by atoms with Crippen LogP contribution in [0.1, 0.15) is 39.7 Å². The van der Waals surface area contributed by atoms with Crippen LogP contribution in [0, 0.1) is 16.7 Å². The lowest BCUT2D eigenvalue weighted by Gasteiger charge is -2.28. The van der Waals surface area contributed by atoms with E-state index in [4.69, 9.17) is 4.74 Å². The minimum absolute atomic E-state index is 0.0373. The van der Waals surface area contributed by atoms with Gasteiger partial charge in [0.05, 0.1) is 19.2 Å². The van der Waals surface area contributed by atoms with Crippen LogP contribution in [0.25, 0.3) is 0 Å². The second-order valence-electron chi connectivity index (χ2n) is 9.69. The van der Waals surface area contributed by atoms with E-state index in [-0.39, 0.29) is 47.4 Å². The first kappa shape index (κ1) is 22.0.